The van der Waals surface area contributed by atoms with Crippen molar-refractivity contribution in [3.05, 3.63) is 10.4 Å². The average molecular weight is 297 g/mol. The lowest BCUT2D eigenvalue weighted by atomic mass is 10.1. The average Bonchev–Trinajstić information content (AvgIpc) is 3.18. The SMILES string of the molecule is COCCCNc1sc(C(=O)C2CC2)c(N)c1C(N)=O. The van der Waals surface area contributed by atoms with Gasteiger partial charge in [0.1, 0.15) is 5.00 Å². The summed E-state index contributed by atoms with van der Waals surface area (Å²) in [5.74, 6) is -0.513. The number of carbonyl (C=O) groups is 2. The highest BCUT2D eigenvalue weighted by Crippen LogP contribution is 2.41. The number of amides is 1. The van der Waals surface area contributed by atoms with Gasteiger partial charge >= 0.3 is 0 Å². The van der Waals surface area contributed by atoms with Crippen LogP contribution < -0.4 is 16.8 Å². The Morgan fingerprint density at radius 2 is 2.15 bits per heavy atom. The number of Topliss-reactive ketones (excluding diaryl/α,β-unsaturated/α-hetero) is 1. The number of anilines is 2. The Hall–Kier alpha value is -1.60. The quantitative estimate of drug-likeness (QED) is 0.497. The second kappa shape index (κ2) is 6.23. The Morgan fingerprint density at radius 1 is 1.45 bits per heavy atom. The molecule has 1 heterocycles. The number of ether oxygens (including phenoxy) is 1. The van der Waals surface area contributed by atoms with E-state index in [0.717, 1.165) is 19.3 Å². The number of primary amides is 1. The van der Waals surface area contributed by atoms with Crippen molar-refractivity contribution < 1.29 is 14.3 Å². The number of carbonyl (C=O) groups excluding carboxylic acids is 2. The molecule has 2 rings (SSSR count). The number of nitrogen functional groups attached to an aromatic ring is 1. The van der Waals surface area contributed by atoms with Crippen molar-refractivity contribution in [1.29, 1.82) is 0 Å². The van der Waals surface area contributed by atoms with Crippen LogP contribution >= 0.6 is 11.3 Å². The maximum atomic E-state index is 12.1. The Kier molecular flexibility index (Phi) is 4.61. The molecule has 0 aromatic carbocycles. The minimum absolute atomic E-state index is 0.0277. The molecule has 0 unspecified atom stereocenters. The van der Waals surface area contributed by atoms with Gasteiger partial charge in [-0.2, -0.15) is 0 Å². The highest BCUT2D eigenvalue weighted by molar-refractivity contribution is 7.19. The summed E-state index contributed by atoms with van der Waals surface area (Å²) >= 11 is 1.22. The van der Waals surface area contributed by atoms with Gasteiger partial charge in [0.25, 0.3) is 5.91 Å². The van der Waals surface area contributed by atoms with Gasteiger partial charge in [-0.05, 0) is 19.3 Å². The zero-order valence-electron chi connectivity index (χ0n) is 11.4. The predicted molar refractivity (Wildman–Crippen MR) is 79.3 cm³/mol. The summed E-state index contributed by atoms with van der Waals surface area (Å²) in [7, 11) is 1.63. The standard InChI is InChI=1S/C13H19N3O3S/c1-19-6-2-5-16-13-8(12(15)18)9(14)11(20-13)10(17)7-3-4-7/h7,16H,2-6,14H2,1H3,(H2,15,18). The summed E-state index contributed by atoms with van der Waals surface area (Å²) < 4.78 is 4.96. The second-order valence-corrected chi connectivity index (χ2v) is 5.85. The van der Waals surface area contributed by atoms with Gasteiger partial charge in [-0.15, -0.1) is 11.3 Å². The fourth-order valence-electron chi connectivity index (χ4n) is 1.95. The van der Waals surface area contributed by atoms with Crippen molar-refractivity contribution >= 4 is 33.7 Å². The van der Waals surface area contributed by atoms with Crippen LogP contribution in [0.15, 0.2) is 0 Å². The smallest absolute Gasteiger partial charge is 0.253 e. The Morgan fingerprint density at radius 3 is 2.70 bits per heavy atom. The first-order valence-electron chi connectivity index (χ1n) is 6.55. The summed E-state index contributed by atoms with van der Waals surface area (Å²) in [5, 5.41) is 3.69. The molecule has 0 bridgehead atoms. The molecule has 1 aromatic heterocycles. The molecular weight excluding hydrogens is 278 g/mol. The lowest BCUT2D eigenvalue weighted by Gasteiger charge is -2.05. The fraction of sp³-hybridized carbons (Fsp3) is 0.538. The molecule has 1 aliphatic carbocycles. The summed E-state index contributed by atoms with van der Waals surface area (Å²) in [4.78, 5) is 24.1. The van der Waals surface area contributed by atoms with Crippen LogP contribution in [0.25, 0.3) is 0 Å². The number of methoxy groups -OCH3 is 1. The molecule has 0 aliphatic heterocycles. The van der Waals surface area contributed by atoms with E-state index >= 15 is 0 Å². The van der Waals surface area contributed by atoms with Gasteiger partial charge in [0.15, 0.2) is 5.78 Å². The van der Waals surface area contributed by atoms with Gasteiger partial charge in [0.2, 0.25) is 0 Å². The Labute approximate surface area is 121 Å². The van der Waals surface area contributed by atoms with Crippen LogP contribution in [-0.2, 0) is 4.74 Å². The molecule has 110 valence electrons. The van der Waals surface area contributed by atoms with Crippen molar-refractivity contribution in [3.63, 3.8) is 0 Å². The molecule has 1 saturated carbocycles. The van der Waals surface area contributed by atoms with Crippen LogP contribution in [0.2, 0.25) is 0 Å². The van der Waals surface area contributed by atoms with Gasteiger partial charge in [-0.25, -0.2) is 0 Å². The highest BCUT2D eigenvalue weighted by Gasteiger charge is 2.34. The number of rotatable bonds is 8. The fourth-order valence-corrected chi connectivity index (χ4v) is 3.12. The topological polar surface area (TPSA) is 107 Å². The number of nitrogens with one attached hydrogen (secondary N) is 1. The van der Waals surface area contributed by atoms with Crippen LogP contribution in [0.1, 0.15) is 39.3 Å². The molecule has 1 aromatic rings. The lowest BCUT2D eigenvalue weighted by Crippen LogP contribution is -2.16. The summed E-state index contributed by atoms with van der Waals surface area (Å²) in [6, 6.07) is 0. The van der Waals surface area contributed by atoms with Gasteiger partial charge in [-0.1, -0.05) is 0 Å². The zero-order chi connectivity index (χ0) is 14.7. The van der Waals surface area contributed by atoms with Crippen LogP contribution in [0.5, 0.6) is 0 Å². The minimum Gasteiger partial charge on any atom is -0.397 e. The third-order valence-corrected chi connectivity index (χ3v) is 4.35. The van der Waals surface area contributed by atoms with E-state index in [4.69, 9.17) is 16.2 Å². The normalized spacial score (nSPS) is 14.2. The predicted octanol–water partition coefficient (Wildman–Crippen LogP) is 1.47. The summed E-state index contributed by atoms with van der Waals surface area (Å²) in [5.41, 5.74) is 11.7. The van der Waals surface area contributed by atoms with Crippen LogP contribution in [-0.4, -0.2) is 32.0 Å². The first-order chi connectivity index (χ1) is 9.56. The van der Waals surface area contributed by atoms with Gasteiger partial charge < -0.3 is 21.5 Å². The summed E-state index contributed by atoms with van der Waals surface area (Å²) in [6.45, 7) is 1.25. The van der Waals surface area contributed by atoms with Gasteiger partial charge in [0, 0.05) is 26.2 Å². The Bertz CT molecular complexity index is 523. The second-order valence-electron chi connectivity index (χ2n) is 4.82. The van der Waals surface area contributed by atoms with Crippen LogP contribution in [0, 0.1) is 5.92 Å². The largest absolute Gasteiger partial charge is 0.397 e. The molecule has 7 heteroatoms. The van der Waals surface area contributed by atoms with Gasteiger partial charge in [0.05, 0.1) is 16.1 Å². The van der Waals surface area contributed by atoms with E-state index in [-0.39, 0.29) is 23.0 Å². The monoisotopic (exact) mass is 297 g/mol. The molecular formula is C13H19N3O3S. The number of hydrogen-bond acceptors (Lipinski definition) is 6. The molecule has 0 saturated heterocycles. The molecule has 1 fully saturated rings. The molecule has 1 amide bonds. The highest BCUT2D eigenvalue weighted by atomic mass is 32.1. The van der Waals surface area contributed by atoms with E-state index in [2.05, 4.69) is 5.32 Å². The zero-order valence-corrected chi connectivity index (χ0v) is 12.2. The van der Waals surface area contributed by atoms with Crippen LogP contribution in [0.3, 0.4) is 0 Å². The lowest BCUT2D eigenvalue weighted by molar-refractivity contribution is 0.0972. The molecule has 0 spiro atoms. The molecule has 20 heavy (non-hydrogen) atoms. The molecule has 0 atom stereocenters. The third kappa shape index (κ3) is 3.10. The molecule has 5 N–H and O–H groups in total. The number of hydrogen-bond donors (Lipinski definition) is 3. The maximum absolute atomic E-state index is 12.1. The first-order valence-corrected chi connectivity index (χ1v) is 7.37. The van der Waals surface area contributed by atoms with E-state index in [0.29, 0.717) is 23.0 Å². The number of thiophene rings is 1. The minimum atomic E-state index is -0.608. The molecule has 6 nitrogen and oxygen atoms in total. The van der Waals surface area contributed by atoms with Gasteiger partial charge in [-0.3, -0.25) is 9.59 Å². The van der Waals surface area contributed by atoms with Crippen molar-refractivity contribution in [2.45, 2.75) is 19.3 Å². The number of ketones is 1. The van der Waals surface area contributed by atoms with E-state index in [1.807, 2.05) is 0 Å². The van der Waals surface area contributed by atoms with Crippen LogP contribution in [0.4, 0.5) is 10.7 Å². The van der Waals surface area contributed by atoms with E-state index in [1.165, 1.54) is 11.3 Å². The van der Waals surface area contributed by atoms with Crippen molar-refractivity contribution in [1.82, 2.24) is 0 Å². The number of nitrogens with two attached hydrogens (primary N) is 2. The van der Waals surface area contributed by atoms with E-state index < -0.39 is 5.91 Å². The van der Waals surface area contributed by atoms with Crippen molar-refractivity contribution in [2.24, 2.45) is 11.7 Å². The van der Waals surface area contributed by atoms with Crippen molar-refractivity contribution in [3.8, 4) is 0 Å². The van der Waals surface area contributed by atoms with E-state index in [9.17, 15) is 9.59 Å². The molecule has 1 aliphatic rings. The maximum Gasteiger partial charge on any atom is 0.253 e. The Balaban J connectivity index is 2.18. The van der Waals surface area contributed by atoms with E-state index in [1.54, 1.807) is 7.11 Å². The first kappa shape index (κ1) is 14.8. The third-order valence-electron chi connectivity index (χ3n) is 3.17. The molecule has 0 radical (unpaired) electrons. The summed E-state index contributed by atoms with van der Waals surface area (Å²) in [6.07, 6.45) is 2.59. The van der Waals surface area contributed by atoms with Crippen molar-refractivity contribution in [2.75, 3.05) is 31.3 Å².